The molecule has 2 rings (SSSR count). The number of hydrogen-bond acceptors (Lipinski definition) is 5. The van der Waals surface area contributed by atoms with Gasteiger partial charge in [-0.25, -0.2) is 0 Å². The molecule has 112 valence electrons. The third-order valence-corrected chi connectivity index (χ3v) is 3.51. The smallest absolute Gasteiger partial charge is 0.203 e. The van der Waals surface area contributed by atoms with Crippen molar-refractivity contribution in [1.82, 2.24) is 5.32 Å². The van der Waals surface area contributed by atoms with Crippen molar-refractivity contribution in [2.75, 3.05) is 41.1 Å². The summed E-state index contributed by atoms with van der Waals surface area (Å²) in [4.78, 5) is 0. The Morgan fingerprint density at radius 3 is 2.35 bits per heavy atom. The average Bonchev–Trinajstić information content (AvgIpc) is 2.99. The van der Waals surface area contributed by atoms with E-state index in [0.29, 0.717) is 23.2 Å². The summed E-state index contributed by atoms with van der Waals surface area (Å²) in [7, 11) is 4.87. The molecule has 1 saturated heterocycles. The highest BCUT2D eigenvalue weighted by molar-refractivity contribution is 5.53. The van der Waals surface area contributed by atoms with Gasteiger partial charge in [0.05, 0.1) is 27.9 Å². The maximum absolute atomic E-state index is 5.37. The number of nitrogens with one attached hydrogen (secondary N) is 1. The lowest BCUT2D eigenvalue weighted by molar-refractivity contribution is 0.185. The minimum absolute atomic E-state index is 0.622. The Morgan fingerprint density at radius 2 is 1.85 bits per heavy atom. The Bertz CT molecular complexity index is 405. The maximum atomic E-state index is 5.37. The van der Waals surface area contributed by atoms with Crippen molar-refractivity contribution in [2.24, 2.45) is 5.92 Å². The van der Waals surface area contributed by atoms with E-state index < -0.39 is 0 Å². The van der Waals surface area contributed by atoms with Gasteiger partial charge in [-0.2, -0.15) is 0 Å². The van der Waals surface area contributed by atoms with Crippen LogP contribution in [0.5, 0.6) is 17.2 Å². The van der Waals surface area contributed by atoms with Crippen molar-refractivity contribution in [3.63, 3.8) is 0 Å². The first-order chi connectivity index (χ1) is 9.78. The van der Waals surface area contributed by atoms with Crippen LogP contribution in [0.1, 0.15) is 12.0 Å². The molecule has 1 heterocycles. The Morgan fingerprint density at radius 1 is 1.15 bits per heavy atom. The van der Waals surface area contributed by atoms with Gasteiger partial charge in [-0.1, -0.05) is 0 Å². The molecule has 1 unspecified atom stereocenters. The van der Waals surface area contributed by atoms with Crippen molar-refractivity contribution >= 4 is 0 Å². The topological polar surface area (TPSA) is 49.0 Å². The van der Waals surface area contributed by atoms with Crippen molar-refractivity contribution in [1.29, 1.82) is 0 Å². The molecule has 20 heavy (non-hydrogen) atoms. The van der Waals surface area contributed by atoms with Crippen LogP contribution < -0.4 is 19.5 Å². The molecule has 1 aromatic rings. The summed E-state index contributed by atoms with van der Waals surface area (Å²) in [6.07, 6.45) is 1.14. The van der Waals surface area contributed by atoms with E-state index in [2.05, 4.69) is 5.32 Å². The molecule has 0 spiro atoms. The lowest BCUT2D eigenvalue weighted by Gasteiger charge is -2.15. The maximum Gasteiger partial charge on any atom is 0.203 e. The number of ether oxygens (including phenoxy) is 4. The van der Waals surface area contributed by atoms with Crippen LogP contribution in [0.3, 0.4) is 0 Å². The molecular weight excluding hydrogens is 258 g/mol. The van der Waals surface area contributed by atoms with Crippen molar-refractivity contribution in [2.45, 2.75) is 13.0 Å². The van der Waals surface area contributed by atoms with E-state index in [1.165, 1.54) is 0 Å². The number of methoxy groups -OCH3 is 3. The Balaban J connectivity index is 1.99. The monoisotopic (exact) mass is 281 g/mol. The zero-order chi connectivity index (χ0) is 14.4. The molecule has 1 aliphatic rings. The van der Waals surface area contributed by atoms with Crippen LogP contribution in [0.15, 0.2) is 12.1 Å². The predicted molar refractivity (Wildman–Crippen MR) is 76.7 cm³/mol. The zero-order valence-electron chi connectivity index (χ0n) is 12.4. The molecule has 0 aliphatic carbocycles. The molecule has 1 atom stereocenters. The van der Waals surface area contributed by atoms with Gasteiger partial charge in [0, 0.05) is 19.7 Å². The first kappa shape index (κ1) is 14.9. The summed E-state index contributed by atoms with van der Waals surface area (Å²) in [6.45, 7) is 3.49. The lowest BCUT2D eigenvalue weighted by Crippen LogP contribution is -2.22. The minimum atomic E-state index is 0.622. The Kier molecular flexibility index (Phi) is 5.49. The fourth-order valence-electron chi connectivity index (χ4n) is 2.40. The zero-order valence-corrected chi connectivity index (χ0v) is 12.4. The number of benzene rings is 1. The van der Waals surface area contributed by atoms with E-state index in [-0.39, 0.29) is 0 Å². The van der Waals surface area contributed by atoms with E-state index >= 15 is 0 Å². The average molecular weight is 281 g/mol. The number of rotatable bonds is 7. The van der Waals surface area contributed by atoms with E-state index in [1.807, 2.05) is 12.1 Å². The Labute approximate surface area is 120 Å². The summed E-state index contributed by atoms with van der Waals surface area (Å²) >= 11 is 0. The summed E-state index contributed by atoms with van der Waals surface area (Å²) < 4.78 is 21.4. The van der Waals surface area contributed by atoms with Crippen LogP contribution in [-0.2, 0) is 11.3 Å². The van der Waals surface area contributed by atoms with Gasteiger partial charge in [0.25, 0.3) is 0 Å². The van der Waals surface area contributed by atoms with E-state index in [1.54, 1.807) is 21.3 Å². The second-order valence-electron chi connectivity index (χ2n) is 4.89. The summed E-state index contributed by atoms with van der Waals surface area (Å²) in [5.41, 5.74) is 1.11. The fourth-order valence-corrected chi connectivity index (χ4v) is 2.40. The molecule has 0 radical (unpaired) electrons. The molecule has 5 nitrogen and oxygen atoms in total. The molecule has 0 aromatic heterocycles. The second kappa shape index (κ2) is 7.36. The van der Waals surface area contributed by atoms with Gasteiger partial charge < -0.3 is 24.3 Å². The predicted octanol–water partition coefficient (Wildman–Crippen LogP) is 1.84. The normalized spacial score (nSPS) is 18.1. The molecule has 0 bridgehead atoms. The molecule has 1 aliphatic heterocycles. The first-order valence-corrected chi connectivity index (χ1v) is 6.85. The second-order valence-corrected chi connectivity index (χ2v) is 4.89. The molecule has 0 amide bonds. The number of hydrogen-bond donors (Lipinski definition) is 1. The van der Waals surface area contributed by atoms with Crippen LogP contribution in [0.4, 0.5) is 0 Å². The highest BCUT2D eigenvalue weighted by Gasteiger charge is 2.16. The van der Waals surface area contributed by atoms with E-state index in [4.69, 9.17) is 18.9 Å². The van der Waals surface area contributed by atoms with Gasteiger partial charge in [-0.15, -0.1) is 0 Å². The van der Waals surface area contributed by atoms with E-state index in [9.17, 15) is 0 Å². The van der Waals surface area contributed by atoms with Crippen molar-refractivity contribution in [3.05, 3.63) is 17.7 Å². The quantitative estimate of drug-likeness (QED) is 0.826. The summed E-state index contributed by atoms with van der Waals surface area (Å²) in [5.74, 6) is 2.63. The highest BCUT2D eigenvalue weighted by Crippen LogP contribution is 2.38. The van der Waals surface area contributed by atoms with Crippen LogP contribution in [0.2, 0.25) is 0 Å². The molecule has 1 fully saturated rings. The lowest BCUT2D eigenvalue weighted by atomic mass is 10.1. The summed E-state index contributed by atoms with van der Waals surface area (Å²) in [6, 6.07) is 3.94. The van der Waals surface area contributed by atoms with Crippen LogP contribution in [0.25, 0.3) is 0 Å². The van der Waals surface area contributed by atoms with Gasteiger partial charge in [0.2, 0.25) is 5.75 Å². The molecule has 5 heteroatoms. The highest BCUT2D eigenvalue weighted by atomic mass is 16.5. The first-order valence-electron chi connectivity index (χ1n) is 6.85. The van der Waals surface area contributed by atoms with Crippen molar-refractivity contribution in [3.8, 4) is 17.2 Å². The molecule has 1 N–H and O–H groups in total. The van der Waals surface area contributed by atoms with Gasteiger partial charge in [-0.05, 0) is 30.0 Å². The van der Waals surface area contributed by atoms with E-state index in [0.717, 1.165) is 38.3 Å². The molecule has 0 saturated carbocycles. The van der Waals surface area contributed by atoms with Crippen LogP contribution in [0, 0.1) is 5.92 Å². The van der Waals surface area contributed by atoms with Gasteiger partial charge in [0.15, 0.2) is 11.5 Å². The third kappa shape index (κ3) is 3.55. The third-order valence-electron chi connectivity index (χ3n) is 3.51. The molecule has 1 aromatic carbocycles. The fraction of sp³-hybridized carbons (Fsp3) is 0.600. The standard InChI is InChI=1S/C15H23NO4/c1-17-13-6-12(7-14(18-2)15(13)19-3)9-16-8-11-4-5-20-10-11/h6-7,11,16H,4-5,8-10H2,1-3H3. The van der Waals surface area contributed by atoms with Crippen molar-refractivity contribution < 1.29 is 18.9 Å². The Hall–Kier alpha value is -1.46. The van der Waals surface area contributed by atoms with Gasteiger partial charge in [-0.3, -0.25) is 0 Å². The van der Waals surface area contributed by atoms with Crippen LogP contribution in [-0.4, -0.2) is 41.1 Å². The van der Waals surface area contributed by atoms with Gasteiger partial charge in [0.1, 0.15) is 0 Å². The minimum Gasteiger partial charge on any atom is -0.493 e. The van der Waals surface area contributed by atoms with Crippen LogP contribution >= 0.6 is 0 Å². The molecular formula is C15H23NO4. The largest absolute Gasteiger partial charge is 0.493 e. The summed E-state index contributed by atoms with van der Waals surface area (Å²) in [5, 5.41) is 3.45. The SMILES string of the molecule is COc1cc(CNCC2CCOC2)cc(OC)c1OC. The van der Waals surface area contributed by atoms with Gasteiger partial charge >= 0.3 is 0 Å².